The smallest absolute Gasteiger partial charge is 0.261 e. The molecule has 0 radical (unpaired) electrons. The van der Waals surface area contributed by atoms with E-state index in [1.165, 1.54) is 19.4 Å². The number of carbonyl (C=O) groups excluding carboxylic acids is 1. The highest BCUT2D eigenvalue weighted by atomic mass is 16.5. The van der Waals surface area contributed by atoms with Gasteiger partial charge in [-0.2, -0.15) is 0 Å². The number of hydrogen-bond acceptors (Lipinski definition) is 3. The minimum Gasteiger partial charge on any atom is -0.480 e. The van der Waals surface area contributed by atoms with Crippen LogP contribution >= 0.6 is 0 Å². The van der Waals surface area contributed by atoms with Crippen molar-refractivity contribution in [2.24, 2.45) is 5.92 Å². The lowest BCUT2D eigenvalue weighted by Crippen LogP contribution is -2.46. The summed E-state index contributed by atoms with van der Waals surface area (Å²) in [5.74, 6) is 1.44. The molecule has 0 saturated carbocycles. The maximum atomic E-state index is 12.3. The molecule has 0 aliphatic carbocycles. The number of likely N-dealkylation sites (tertiary alicyclic amines) is 1. The van der Waals surface area contributed by atoms with Crippen molar-refractivity contribution in [2.45, 2.75) is 45.3 Å². The lowest BCUT2D eigenvalue weighted by Gasteiger charge is -2.35. The lowest BCUT2D eigenvalue weighted by molar-refractivity contribution is -0.127. The Labute approximate surface area is 132 Å². The highest BCUT2D eigenvalue weighted by molar-refractivity contribution is 5.82. The van der Waals surface area contributed by atoms with Crippen molar-refractivity contribution in [3.8, 4) is 5.75 Å². The summed E-state index contributed by atoms with van der Waals surface area (Å²) in [7, 11) is 0. The van der Waals surface area contributed by atoms with Crippen molar-refractivity contribution < 1.29 is 9.53 Å². The fourth-order valence-electron chi connectivity index (χ4n) is 3.42. The van der Waals surface area contributed by atoms with E-state index < -0.39 is 0 Å². The Morgan fingerprint density at radius 3 is 3.00 bits per heavy atom. The summed E-state index contributed by atoms with van der Waals surface area (Å²) in [6, 6.07) is 8.49. The van der Waals surface area contributed by atoms with Gasteiger partial charge in [0, 0.05) is 25.6 Å². The fraction of sp³-hybridized carbons (Fsp3) is 0.611. The van der Waals surface area contributed by atoms with Crippen LogP contribution in [0.15, 0.2) is 24.3 Å². The van der Waals surface area contributed by atoms with Crippen molar-refractivity contribution in [3.05, 3.63) is 29.8 Å². The first-order valence-corrected chi connectivity index (χ1v) is 8.40. The number of nitrogens with one attached hydrogen (secondary N) is 1. The van der Waals surface area contributed by atoms with Crippen molar-refractivity contribution in [1.82, 2.24) is 10.2 Å². The maximum absolute atomic E-state index is 12.3. The molecule has 120 valence electrons. The number of fused-ring (bicyclic) bond motifs is 1. The van der Waals surface area contributed by atoms with Gasteiger partial charge in [-0.15, -0.1) is 0 Å². The first kappa shape index (κ1) is 15.3. The molecule has 22 heavy (non-hydrogen) atoms. The maximum Gasteiger partial charge on any atom is 0.261 e. The van der Waals surface area contributed by atoms with E-state index in [1.807, 2.05) is 24.3 Å². The summed E-state index contributed by atoms with van der Waals surface area (Å²) < 4.78 is 5.75. The number of amides is 1. The number of nitrogens with zero attached hydrogens (tertiary/aromatic N) is 1. The zero-order valence-electron chi connectivity index (χ0n) is 13.5. The van der Waals surface area contributed by atoms with Crippen LogP contribution in [0, 0.1) is 5.92 Å². The van der Waals surface area contributed by atoms with Gasteiger partial charge in [0.25, 0.3) is 5.91 Å². The van der Waals surface area contributed by atoms with Gasteiger partial charge in [-0.3, -0.25) is 4.79 Å². The van der Waals surface area contributed by atoms with Crippen LogP contribution in [0.2, 0.25) is 0 Å². The van der Waals surface area contributed by atoms with Gasteiger partial charge in [0.1, 0.15) is 5.75 Å². The first-order chi connectivity index (χ1) is 10.6. The minimum atomic E-state index is -0.359. The number of para-hydroxylation sites is 1. The summed E-state index contributed by atoms with van der Waals surface area (Å²) in [5.41, 5.74) is 1.13. The van der Waals surface area contributed by atoms with Crippen LogP contribution in [-0.2, 0) is 11.2 Å². The van der Waals surface area contributed by atoms with Crippen LogP contribution in [0.5, 0.6) is 5.75 Å². The Bertz CT molecular complexity index is 505. The standard InChI is InChI=1S/C18H26N2O2/c1-13(2)20-9-5-6-14(12-20)11-19-18(21)17-10-15-7-3-4-8-16(15)22-17/h3-4,7-8,13-14,17H,5-6,9-12H2,1-2H3,(H,19,21)/t14-,17+/m0/s1. The van der Waals surface area contributed by atoms with Gasteiger partial charge < -0.3 is 15.0 Å². The van der Waals surface area contributed by atoms with Crippen LogP contribution in [0.25, 0.3) is 0 Å². The molecule has 3 rings (SSSR count). The minimum absolute atomic E-state index is 0.0258. The molecule has 1 aromatic carbocycles. The van der Waals surface area contributed by atoms with Crippen molar-refractivity contribution in [3.63, 3.8) is 0 Å². The van der Waals surface area contributed by atoms with E-state index in [1.54, 1.807) is 0 Å². The van der Waals surface area contributed by atoms with Gasteiger partial charge in [-0.05, 0) is 50.8 Å². The predicted octanol–water partition coefficient (Wildman–Crippen LogP) is 2.23. The van der Waals surface area contributed by atoms with E-state index in [0.29, 0.717) is 18.4 Å². The molecular weight excluding hydrogens is 276 g/mol. The van der Waals surface area contributed by atoms with E-state index in [9.17, 15) is 4.79 Å². The molecule has 2 aliphatic heterocycles. The summed E-state index contributed by atoms with van der Waals surface area (Å²) >= 11 is 0. The highest BCUT2D eigenvalue weighted by Gasteiger charge is 2.29. The third kappa shape index (κ3) is 3.43. The van der Waals surface area contributed by atoms with Gasteiger partial charge in [-0.25, -0.2) is 0 Å². The van der Waals surface area contributed by atoms with E-state index in [4.69, 9.17) is 4.74 Å². The second-order valence-corrected chi connectivity index (χ2v) is 6.76. The molecule has 1 amide bonds. The lowest BCUT2D eigenvalue weighted by atomic mass is 9.97. The monoisotopic (exact) mass is 302 g/mol. The Hall–Kier alpha value is -1.55. The third-order valence-electron chi connectivity index (χ3n) is 4.79. The van der Waals surface area contributed by atoms with E-state index >= 15 is 0 Å². The Morgan fingerprint density at radius 2 is 2.23 bits per heavy atom. The number of piperidine rings is 1. The quantitative estimate of drug-likeness (QED) is 0.927. The molecule has 4 heteroatoms. The highest BCUT2D eigenvalue weighted by Crippen LogP contribution is 2.28. The number of ether oxygens (including phenoxy) is 1. The normalized spacial score (nSPS) is 24.9. The zero-order valence-corrected chi connectivity index (χ0v) is 13.5. The summed E-state index contributed by atoms with van der Waals surface area (Å²) in [6.45, 7) is 7.51. The molecule has 4 nitrogen and oxygen atoms in total. The predicted molar refractivity (Wildman–Crippen MR) is 87.0 cm³/mol. The Morgan fingerprint density at radius 1 is 1.41 bits per heavy atom. The van der Waals surface area contributed by atoms with Gasteiger partial charge in [0.2, 0.25) is 0 Å². The number of rotatable bonds is 4. The Kier molecular flexibility index (Phi) is 4.67. The van der Waals surface area contributed by atoms with Crippen molar-refractivity contribution in [2.75, 3.05) is 19.6 Å². The van der Waals surface area contributed by atoms with Crippen LogP contribution in [0.4, 0.5) is 0 Å². The second kappa shape index (κ2) is 6.69. The van der Waals surface area contributed by atoms with Gasteiger partial charge in [0.15, 0.2) is 6.10 Å². The molecule has 1 aromatic rings. The van der Waals surface area contributed by atoms with E-state index in [2.05, 4.69) is 24.1 Å². The average Bonchev–Trinajstić information content (AvgIpc) is 2.97. The molecule has 0 aromatic heterocycles. The van der Waals surface area contributed by atoms with Crippen LogP contribution in [0.1, 0.15) is 32.3 Å². The average molecular weight is 302 g/mol. The van der Waals surface area contributed by atoms with E-state index in [0.717, 1.165) is 24.4 Å². The topological polar surface area (TPSA) is 41.6 Å². The number of hydrogen-bond donors (Lipinski definition) is 1. The van der Waals surface area contributed by atoms with Crippen LogP contribution in [0.3, 0.4) is 0 Å². The van der Waals surface area contributed by atoms with Gasteiger partial charge >= 0.3 is 0 Å². The van der Waals surface area contributed by atoms with Crippen molar-refractivity contribution in [1.29, 1.82) is 0 Å². The zero-order chi connectivity index (χ0) is 15.5. The third-order valence-corrected chi connectivity index (χ3v) is 4.79. The molecule has 1 N–H and O–H groups in total. The van der Waals surface area contributed by atoms with Gasteiger partial charge in [-0.1, -0.05) is 18.2 Å². The fourth-order valence-corrected chi connectivity index (χ4v) is 3.42. The largest absolute Gasteiger partial charge is 0.480 e. The Balaban J connectivity index is 1.47. The van der Waals surface area contributed by atoms with Gasteiger partial charge in [0.05, 0.1) is 0 Å². The molecule has 0 bridgehead atoms. The molecular formula is C18H26N2O2. The molecule has 0 unspecified atom stereocenters. The molecule has 1 saturated heterocycles. The molecule has 2 atom stereocenters. The first-order valence-electron chi connectivity index (χ1n) is 8.40. The molecule has 2 aliphatic rings. The van der Waals surface area contributed by atoms with Crippen molar-refractivity contribution >= 4 is 5.91 Å². The molecule has 1 fully saturated rings. The van der Waals surface area contributed by atoms with Crippen LogP contribution in [-0.4, -0.2) is 42.6 Å². The summed E-state index contributed by atoms with van der Waals surface area (Å²) in [4.78, 5) is 14.8. The molecule has 2 heterocycles. The SMILES string of the molecule is CC(C)N1CCC[C@@H](CNC(=O)[C@H]2Cc3ccccc3O2)C1. The summed E-state index contributed by atoms with van der Waals surface area (Å²) in [5, 5.41) is 3.10. The van der Waals surface area contributed by atoms with E-state index in [-0.39, 0.29) is 12.0 Å². The summed E-state index contributed by atoms with van der Waals surface area (Å²) in [6.07, 6.45) is 2.76. The number of benzene rings is 1. The molecule has 0 spiro atoms. The second-order valence-electron chi connectivity index (χ2n) is 6.76. The van der Waals surface area contributed by atoms with Crippen LogP contribution < -0.4 is 10.1 Å². The number of carbonyl (C=O) groups is 1.